The summed E-state index contributed by atoms with van der Waals surface area (Å²) >= 11 is 0. The number of carbonyl (C=O) groups excluding carboxylic acids is 3. The SMILES string of the molecule is CCCCC/C=C\CCCCCCCC(=O)OCC(COC(=O)CCCCCCCCCCC/C=C\CCCCCCCCCC)OC(=O)CCCCCCCCCCC/C=C\CCCCCCCC. The van der Waals surface area contributed by atoms with Crippen molar-refractivity contribution in [3.8, 4) is 0 Å². The van der Waals surface area contributed by atoms with Crippen LogP contribution in [0.1, 0.15) is 335 Å². The smallest absolute Gasteiger partial charge is 0.306 e. The number of unbranched alkanes of at least 4 members (excludes halogenated alkanes) is 40. The van der Waals surface area contributed by atoms with Crippen LogP contribution in [-0.2, 0) is 28.6 Å². The van der Waals surface area contributed by atoms with E-state index in [0.717, 1.165) is 64.2 Å². The quantitative estimate of drug-likeness (QED) is 0.0261. The van der Waals surface area contributed by atoms with Crippen molar-refractivity contribution in [1.82, 2.24) is 0 Å². The van der Waals surface area contributed by atoms with E-state index in [1.807, 2.05) is 0 Å². The van der Waals surface area contributed by atoms with Crippen molar-refractivity contribution >= 4 is 17.9 Å². The zero-order chi connectivity index (χ0) is 50.7. The van der Waals surface area contributed by atoms with Crippen LogP contribution in [0.2, 0.25) is 0 Å². The Kier molecular flexibility index (Phi) is 57.2. The van der Waals surface area contributed by atoms with Crippen LogP contribution < -0.4 is 0 Å². The third kappa shape index (κ3) is 56.5. The molecule has 0 aromatic heterocycles. The van der Waals surface area contributed by atoms with Gasteiger partial charge < -0.3 is 14.2 Å². The van der Waals surface area contributed by atoms with Gasteiger partial charge in [0.05, 0.1) is 0 Å². The molecule has 1 unspecified atom stereocenters. The third-order valence-corrected chi connectivity index (χ3v) is 13.8. The average Bonchev–Trinajstić information content (AvgIpc) is 3.36. The van der Waals surface area contributed by atoms with Crippen LogP contribution in [0.25, 0.3) is 0 Å². The number of ether oxygens (including phenoxy) is 3. The Morgan fingerprint density at radius 3 is 0.743 bits per heavy atom. The van der Waals surface area contributed by atoms with Crippen molar-refractivity contribution in [3.63, 3.8) is 0 Å². The van der Waals surface area contributed by atoms with Crippen molar-refractivity contribution in [2.45, 2.75) is 341 Å². The molecule has 0 amide bonds. The number of hydrogen-bond donors (Lipinski definition) is 0. The van der Waals surface area contributed by atoms with Crippen LogP contribution in [0.15, 0.2) is 36.5 Å². The molecule has 0 saturated heterocycles. The van der Waals surface area contributed by atoms with Crippen LogP contribution in [0, 0.1) is 0 Å². The predicted octanol–water partition coefficient (Wildman–Crippen LogP) is 20.8. The maximum Gasteiger partial charge on any atom is 0.306 e. The number of allylic oxidation sites excluding steroid dienone is 6. The Labute approximate surface area is 435 Å². The lowest BCUT2D eigenvalue weighted by atomic mass is 10.1. The molecule has 0 spiro atoms. The van der Waals surface area contributed by atoms with Crippen LogP contribution >= 0.6 is 0 Å². The zero-order valence-corrected chi connectivity index (χ0v) is 47.1. The van der Waals surface area contributed by atoms with Gasteiger partial charge in [-0.2, -0.15) is 0 Å². The molecule has 0 heterocycles. The van der Waals surface area contributed by atoms with Gasteiger partial charge in [-0.1, -0.05) is 256 Å². The number of rotatable bonds is 57. The molecule has 0 radical (unpaired) electrons. The van der Waals surface area contributed by atoms with E-state index in [1.165, 1.54) is 231 Å². The molecule has 0 aromatic rings. The summed E-state index contributed by atoms with van der Waals surface area (Å²) in [6.45, 7) is 6.65. The summed E-state index contributed by atoms with van der Waals surface area (Å²) < 4.78 is 16.9. The molecule has 0 aliphatic rings. The predicted molar refractivity (Wildman–Crippen MR) is 302 cm³/mol. The summed E-state index contributed by atoms with van der Waals surface area (Å²) in [6, 6.07) is 0. The van der Waals surface area contributed by atoms with Gasteiger partial charge in [-0.15, -0.1) is 0 Å². The van der Waals surface area contributed by atoms with E-state index in [0.29, 0.717) is 19.3 Å². The van der Waals surface area contributed by atoms with E-state index in [1.54, 1.807) is 0 Å². The zero-order valence-electron chi connectivity index (χ0n) is 47.1. The number of esters is 3. The number of carbonyl (C=O) groups is 3. The molecular formula is C64H118O6. The second-order valence-electron chi connectivity index (χ2n) is 21.0. The van der Waals surface area contributed by atoms with Crippen molar-refractivity contribution in [1.29, 1.82) is 0 Å². The van der Waals surface area contributed by atoms with Gasteiger partial charge in [0.25, 0.3) is 0 Å². The molecule has 0 aromatic carbocycles. The first-order valence-electron chi connectivity index (χ1n) is 31.0. The second kappa shape index (κ2) is 59.2. The van der Waals surface area contributed by atoms with Gasteiger partial charge in [-0.05, 0) is 96.3 Å². The van der Waals surface area contributed by atoms with E-state index in [-0.39, 0.29) is 31.1 Å². The van der Waals surface area contributed by atoms with Gasteiger partial charge in [-0.25, -0.2) is 0 Å². The highest BCUT2D eigenvalue weighted by molar-refractivity contribution is 5.71. The van der Waals surface area contributed by atoms with Gasteiger partial charge in [0.1, 0.15) is 13.2 Å². The van der Waals surface area contributed by atoms with Crippen LogP contribution in [0.3, 0.4) is 0 Å². The molecule has 0 bridgehead atoms. The van der Waals surface area contributed by atoms with E-state index in [4.69, 9.17) is 14.2 Å². The fraction of sp³-hybridized carbons (Fsp3) is 0.859. The standard InChI is InChI=1S/C64H118O6/c1-4-7-10-13-16-19-22-25-27-29-31-32-34-35-37-39-42-45-48-51-54-57-63(66)69-60-61(59-68-62(65)56-53-50-47-44-41-24-21-18-15-12-9-6-3)70-64(67)58-55-52-49-46-43-40-38-36-33-30-28-26-23-20-17-14-11-8-5-2/h18,21,26,28-29,31,61H,4-17,19-20,22-25,27,30,32-60H2,1-3H3/b21-18-,28-26-,31-29-. The fourth-order valence-electron chi connectivity index (χ4n) is 9.13. The molecule has 0 N–H and O–H groups in total. The minimum absolute atomic E-state index is 0.0740. The molecule has 1 atom stereocenters. The largest absolute Gasteiger partial charge is 0.462 e. The summed E-state index contributed by atoms with van der Waals surface area (Å²) in [5.74, 6) is -0.869. The highest BCUT2D eigenvalue weighted by Crippen LogP contribution is 2.16. The molecule has 6 nitrogen and oxygen atoms in total. The summed E-state index contributed by atoms with van der Waals surface area (Å²) in [7, 11) is 0. The second-order valence-corrected chi connectivity index (χ2v) is 21.0. The first kappa shape index (κ1) is 67.6. The molecule has 0 aliphatic carbocycles. The summed E-state index contributed by atoms with van der Waals surface area (Å²) in [4.78, 5) is 38.2. The molecule has 0 saturated carbocycles. The lowest BCUT2D eigenvalue weighted by molar-refractivity contribution is -0.167. The lowest BCUT2D eigenvalue weighted by Crippen LogP contribution is -2.30. The van der Waals surface area contributed by atoms with E-state index in [2.05, 4.69) is 57.2 Å². The molecule has 0 rings (SSSR count). The maximum atomic E-state index is 12.9. The van der Waals surface area contributed by atoms with Crippen molar-refractivity contribution in [2.75, 3.05) is 13.2 Å². The van der Waals surface area contributed by atoms with Crippen LogP contribution in [-0.4, -0.2) is 37.2 Å². The maximum absolute atomic E-state index is 12.9. The van der Waals surface area contributed by atoms with Gasteiger partial charge >= 0.3 is 17.9 Å². The van der Waals surface area contributed by atoms with E-state index < -0.39 is 6.10 Å². The Hall–Kier alpha value is -2.37. The molecule has 0 fully saturated rings. The summed E-state index contributed by atoms with van der Waals surface area (Å²) in [5, 5.41) is 0. The van der Waals surface area contributed by atoms with Gasteiger partial charge in [0, 0.05) is 19.3 Å². The Morgan fingerprint density at radius 2 is 0.471 bits per heavy atom. The fourth-order valence-corrected chi connectivity index (χ4v) is 9.13. The third-order valence-electron chi connectivity index (χ3n) is 13.8. The Balaban J connectivity index is 4.29. The Morgan fingerprint density at radius 1 is 0.271 bits per heavy atom. The van der Waals surface area contributed by atoms with Crippen LogP contribution in [0.5, 0.6) is 0 Å². The van der Waals surface area contributed by atoms with Gasteiger partial charge in [0.2, 0.25) is 0 Å². The average molecular weight is 984 g/mol. The van der Waals surface area contributed by atoms with E-state index in [9.17, 15) is 14.4 Å². The topological polar surface area (TPSA) is 78.9 Å². The van der Waals surface area contributed by atoms with Crippen molar-refractivity contribution in [3.05, 3.63) is 36.5 Å². The van der Waals surface area contributed by atoms with Gasteiger partial charge in [-0.3, -0.25) is 14.4 Å². The molecule has 410 valence electrons. The summed E-state index contributed by atoms with van der Waals surface area (Å²) in [6.07, 6.45) is 71.4. The minimum atomic E-state index is -0.776. The van der Waals surface area contributed by atoms with Crippen molar-refractivity contribution < 1.29 is 28.6 Å². The highest BCUT2D eigenvalue weighted by atomic mass is 16.6. The van der Waals surface area contributed by atoms with Crippen LogP contribution in [0.4, 0.5) is 0 Å². The number of hydrogen-bond acceptors (Lipinski definition) is 6. The minimum Gasteiger partial charge on any atom is -0.462 e. The van der Waals surface area contributed by atoms with Crippen molar-refractivity contribution in [2.24, 2.45) is 0 Å². The molecule has 0 aliphatic heterocycles. The molecular weight excluding hydrogens is 865 g/mol. The Bertz CT molecular complexity index is 1170. The summed E-state index contributed by atoms with van der Waals surface area (Å²) in [5.41, 5.74) is 0. The first-order valence-corrected chi connectivity index (χ1v) is 31.0. The highest BCUT2D eigenvalue weighted by Gasteiger charge is 2.19. The van der Waals surface area contributed by atoms with Gasteiger partial charge in [0.15, 0.2) is 6.10 Å². The monoisotopic (exact) mass is 983 g/mol. The lowest BCUT2D eigenvalue weighted by Gasteiger charge is -2.18. The molecule has 6 heteroatoms. The first-order chi connectivity index (χ1) is 34.5. The molecule has 70 heavy (non-hydrogen) atoms. The van der Waals surface area contributed by atoms with E-state index >= 15 is 0 Å². The normalized spacial score (nSPS) is 12.2.